The van der Waals surface area contributed by atoms with Gasteiger partial charge < -0.3 is 9.84 Å². The third-order valence-corrected chi connectivity index (χ3v) is 2.67. The van der Waals surface area contributed by atoms with E-state index in [-0.39, 0.29) is 5.75 Å². The first-order valence-corrected chi connectivity index (χ1v) is 5.34. The fraction of sp³-hybridized carbons (Fsp3) is 0.200. The van der Waals surface area contributed by atoms with E-state index in [0.717, 1.165) is 11.5 Å². The first-order valence-electron chi connectivity index (χ1n) is 4.51. The Bertz CT molecular complexity index is 476. The van der Waals surface area contributed by atoms with Crippen molar-refractivity contribution in [2.75, 3.05) is 7.11 Å². The normalized spacial score (nSPS) is 12.4. The Hall–Kier alpha value is -1.53. The van der Waals surface area contributed by atoms with Gasteiger partial charge in [-0.05, 0) is 29.2 Å². The molecule has 0 saturated carbocycles. The van der Waals surface area contributed by atoms with Crippen LogP contribution in [0.3, 0.4) is 0 Å². The van der Waals surface area contributed by atoms with E-state index in [9.17, 15) is 9.50 Å². The number of rotatable bonds is 3. The Morgan fingerprint density at radius 1 is 1.50 bits per heavy atom. The highest BCUT2D eigenvalue weighted by molar-refractivity contribution is 7.03. The Morgan fingerprint density at radius 3 is 2.88 bits per heavy atom. The summed E-state index contributed by atoms with van der Waals surface area (Å²) in [5.74, 6) is -0.366. The zero-order valence-electron chi connectivity index (χ0n) is 8.42. The van der Waals surface area contributed by atoms with Crippen LogP contribution in [-0.2, 0) is 0 Å². The second-order valence-electron chi connectivity index (χ2n) is 3.13. The molecule has 1 aromatic carbocycles. The molecule has 0 saturated heterocycles. The van der Waals surface area contributed by atoms with Gasteiger partial charge in [0.25, 0.3) is 0 Å². The summed E-state index contributed by atoms with van der Waals surface area (Å²) in [4.78, 5) is 0. The van der Waals surface area contributed by atoms with E-state index in [0.29, 0.717) is 11.3 Å². The minimum Gasteiger partial charge on any atom is -0.494 e. The van der Waals surface area contributed by atoms with Crippen LogP contribution in [0.4, 0.5) is 4.39 Å². The minimum absolute atomic E-state index is 0.146. The van der Waals surface area contributed by atoms with Crippen molar-refractivity contribution in [3.05, 3.63) is 40.7 Å². The molecular formula is C10H9FN2O2S. The highest BCUT2D eigenvalue weighted by atomic mass is 32.1. The van der Waals surface area contributed by atoms with Gasteiger partial charge in [-0.15, -0.1) is 5.10 Å². The zero-order valence-corrected chi connectivity index (χ0v) is 9.24. The Balaban J connectivity index is 2.31. The standard InChI is InChI=1S/C10H9FN2O2S/c1-15-9-3-2-6(4-7(9)11)10(14)8-5-16-13-12-8/h2-5,10,14H,1H3. The number of aromatic nitrogens is 2. The Kier molecular flexibility index (Phi) is 3.12. The van der Waals surface area contributed by atoms with Gasteiger partial charge in [0.2, 0.25) is 0 Å². The van der Waals surface area contributed by atoms with E-state index in [1.165, 1.54) is 19.2 Å². The van der Waals surface area contributed by atoms with E-state index in [1.54, 1.807) is 11.4 Å². The SMILES string of the molecule is COc1ccc(C(O)c2csnn2)cc1F. The molecule has 1 aromatic heterocycles. The molecule has 1 heterocycles. The number of nitrogens with zero attached hydrogens (tertiary/aromatic N) is 2. The third-order valence-electron chi connectivity index (χ3n) is 2.15. The summed E-state index contributed by atoms with van der Waals surface area (Å²) in [5.41, 5.74) is 0.834. The number of aliphatic hydroxyl groups is 1. The molecule has 0 radical (unpaired) electrons. The van der Waals surface area contributed by atoms with Gasteiger partial charge in [0.05, 0.1) is 7.11 Å². The smallest absolute Gasteiger partial charge is 0.165 e. The van der Waals surface area contributed by atoms with Crippen molar-refractivity contribution in [3.63, 3.8) is 0 Å². The molecule has 2 aromatic rings. The first-order chi connectivity index (χ1) is 7.72. The number of hydrogen-bond donors (Lipinski definition) is 1. The van der Waals surface area contributed by atoms with Crippen LogP contribution in [0.2, 0.25) is 0 Å². The lowest BCUT2D eigenvalue weighted by molar-refractivity contribution is 0.214. The first kappa shape index (κ1) is 11.0. The summed E-state index contributed by atoms with van der Waals surface area (Å²) in [6.45, 7) is 0. The maximum Gasteiger partial charge on any atom is 0.165 e. The van der Waals surface area contributed by atoms with Crippen LogP contribution in [-0.4, -0.2) is 21.8 Å². The van der Waals surface area contributed by atoms with Gasteiger partial charge >= 0.3 is 0 Å². The number of methoxy groups -OCH3 is 1. The monoisotopic (exact) mass is 240 g/mol. The van der Waals surface area contributed by atoms with Crippen molar-refractivity contribution in [2.24, 2.45) is 0 Å². The van der Waals surface area contributed by atoms with E-state index in [2.05, 4.69) is 9.59 Å². The number of hydrogen-bond acceptors (Lipinski definition) is 5. The molecule has 16 heavy (non-hydrogen) atoms. The van der Waals surface area contributed by atoms with Crippen molar-refractivity contribution in [2.45, 2.75) is 6.10 Å². The second kappa shape index (κ2) is 4.54. The summed E-state index contributed by atoms with van der Waals surface area (Å²) in [6, 6.07) is 4.28. The molecule has 1 unspecified atom stereocenters. The molecular weight excluding hydrogens is 231 g/mol. The predicted octanol–water partition coefficient (Wildman–Crippen LogP) is 1.77. The van der Waals surface area contributed by atoms with E-state index >= 15 is 0 Å². The summed E-state index contributed by atoms with van der Waals surface area (Å²) in [7, 11) is 1.39. The summed E-state index contributed by atoms with van der Waals surface area (Å²) in [6.07, 6.45) is -0.959. The van der Waals surface area contributed by atoms with Crippen LogP contribution in [0.15, 0.2) is 23.6 Å². The fourth-order valence-corrected chi connectivity index (χ4v) is 1.79. The van der Waals surface area contributed by atoms with Crippen molar-refractivity contribution in [1.29, 1.82) is 0 Å². The Morgan fingerprint density at radius 2 is 2.31 bits per heavy atom. The average molecular weight is 240 g/mol. The summed E-state index contributed by atoms with van der Waals surface area (Å²) in [5, 5.41) is 15.2. The van der Waals surface area contributed by atoms with E-state index in [4.69, 9.17) is 4.74 Å². The molecule has 0 fully saturated rings. The quantitative estimate of drug-likeness (QED) is 0.888. The van der Waals surface area contributed by atoms with Crippen LogP contribution in [0.1, 0.15) is 17.4 Å². The molecule has 0 aliphatic heterocycles. The van der Waals surface area contributed by atoms with Crippen molar-refractivity contribution in [1.82, 2.24) is 9.59 Å². The topological polar surface area (TPSA) is 55.2 Å². The maximum absolute atomic E-state index is 13.4. The zero-order chi connectivity index (χ0) is 11.5. The maximum atomic E-state index is 13.4. The van der Waals surface area contributed by atoms with Gasteiger partial charge in [-0.25, -0.2) is 4.39 Å². The highest BCUT2D eigenvalue weighted by Gasteiger charge is 2.15. The molecule has 0 amide bonds. The van der Waals surface area contributed by atoms with Crippen LogP contribution in [0.25, 0.3) is 0 Å². The fourth-order valence-electron chi connectivity index (χ4n) is 1.31. The Labute approximate surface area is 95.5 Å². The molecule has 0 aliphatic rings. The molecule has 0 aliphatic carbocycles. The molecule has 2 rings (SSSR count). The van der Waals surface area contributed by atoms with Crippen LogP contribution < -0.4 is 4.74 Å². The van der Waals surface area contributed by atoms with Gasteiger partial charge in [0, 0.05) is 5.38 Å². The number of benzene rings is 1. The van der Waals surface area contributed by atoms with Crippen LogP contribution >= 0.6 is 11.5 Å². The van der Waals surface area contributed by atoms with Crippen molar-refractivity contribution < 1.29 is 14.2 Å². The van der Waals surface area contributed by atoms with Crippen LogP contribution in [0, 0.1) is 5.82 Å². The van der Waals surface area contributed by atoms with Gasteiger partial charge in [0.15, 0.2) is 11.6 Å². The van der Waals surface area contributed by atoms with Gasteiger partial charge in [0.1, 0.15) is 11.8 Å². The summed E-state index contributed by atoms with van der Waals surface area (Å²) >= 11 is 1.13. The van der Waals surface area contributed by atoms with Crippen LogP contribution in [0.5, 0.6) is 5.75 Å². The summed E-state index contributed by atoms with van der Waals surface area (Å²) < 4.78 is 21.8. The predicted molar refractivity (Wildman–Crippen MR) is 56.9 cm³/mol. The highest BCUT2D eigenvalue weighted by Crippen LogP contribution is 2.25. The van der Waals surface area contributed by atoms with Crippen molar-refractivity contribution in [3.8, 4) is 5.75 Å². The molecule has 0 spiro atoms. The average Bonchev–Trinajstić information content (AvgIpc) is 2.81. The lowest BCUT2D eigenvalue weighted by Gasteiger charge is -2.09. The molecule has 6 heteroatoms. The third kappa shape index (κ3) is 2.02. The van der Waals surface area contributed by atoms with Gasteiger partial charge in [-0.1, -0.05) is 10.6 Å². The minimum atomic E-state index is -0.959. The molecule has 1 N–H and O–H groups in total. The number of halogens is 1. The van der Waals surface area contributed by atoms with E-state index in [1.807, 2.05) is 0 Å². The van der Waals surface area contributed by atoms with Gasteiger partial charge in [-0.3, -0.25) is 0 Å². The van der Waals surface area contributed by atoms with E-state index < -0.39 is 11.9 Å². The second-order valence-corrected chi connectivity index (χ2v) is 3.74. The molecule has 4 nitrogen and oxygen atoms in total. The number of aliphatic hydroxyl groups excluding tert-OH is 1. The van der Waals surface area contributed by atoms with Gasteiger partial charge in [-0.2, -0.15) is 0 Å². The molecule has 1 atom stereocenters. The molecule has 84 valence electrons. The lowest BCUT2D eigenvalue weighted by atomic mass is 10.1. The largest absolute Gasteiger partial charge is 0.494 e. The lowest BCUT2D eigenvalue weighted by Crippen LogP contribution is -2.01. The molecule has 0 bridgehead atoms. The van der Waals surface area contributed by atoms with Crippen molar-refractivity contribution >= 4 is 11.5 Å². The number of ether oxygens (including phenoxy) is 1.